The minimum Gasteiger partial charge on any atom is -0.351 e. The Labute approximate surface area is 135 Å². The van der Waals surface area contributed by atoms with E-state index in [2.05, 4.69) is 21.2 Å². The van der Waals surface area contributed by atoms with E-state index in [4.69, 9.17) is 0 Å². The van der Waals surface area contributed by atoms with Crippen molar-refractivity contribution < 1.29 is 13.6 Å². The van der Waals surface area contributed by atoms with E-state index in [1.165, 1.54) is 11.1 Å². The molecule has 0 saturated carbocycles. The lowest BCUT2D eigenvalue weighted by atomic mass is 10.1. The van der Waals surface area contributed by atoms with Crippen LogP contribution in [-0.2, 0) is 6.54 Å². The highest BCUT2D eigenvalue weighted by atomic mass is 79.9. The molecule has 0 atom stereocenters. The molecule has 1 aromatic heterocycles. The Bertz CT molecular complexity index is 619. The number of anilines is 1. The molecule has 2 rings (SSSR count). The molecule has 1 fully saturated rings. The van der Waals surface area contributed by atoms with Crippen LogP contribution in [0.4, 0.5) is 19.3 Å². The number of alkyl halides is 2. The molecule has 5 nitrogen and oxygen atoms in total. The first-order valence-electron chi connectivity index (χ1n) is 7.16. The summed E-state index contributed by atoms with van der Waals surface area (Å²) in [4.78, 5) is 25.5. The average Bonchev–Trinajstić information content (AvgIpc) is 2.64. The summed E-state index contributed by atoms with van der Waals surface area (Å²) in [5, 5.41) is 2.53. The van der Waals surface area contributed by atoms with Crippen molar-refractivity contribution >= 4 is 27.6 Å². The Morgan fingerprint density at radius 2 is 2.09 bits per heavy atom. The predicted molar refractivity (Wildman–Crippen MR) is 83.5 cm³/mol. The fraction of sp³-hybridized carbons (Fsp3) is 0.571. The Morgan fingerprint density at radius 3 is 2.77 bits per heavy atom. The third-order valence-corrected chi connectivity index (χ3v) is 4.21. The second-order valence-electron chi connectivity index (χ2n) is 5.31. The lowest BCUT2D eigenvalue weighted by Gasteiger charge is -2.21. The highest BCUT2D eigenvalue weighted by Gasteiger charge is 2.33. The maximum absolute atomic E-state index is 13.3. The molecule has 1 N–H and O–H groups in total. The third kappa shape index (κ3) is 4.06. The highest BCUT2D eigenvalue weighted by Crippen LogP contribution is 2.27. The fourth-order valence-electron chi connectivity index (χ4n) is 2.33. The molecule has 2 heterocycles. The van der Waals surface area contributed by atoms with Crippen LogP contribution in [0.2, 0.25) is 0 Å². The zero-order valence-corrected chi connectivity index (χ0v) is 13.8. The van der Waals surface area contributed by atoms with Gasteiger partial charge in [-0.1, -0.05) is 0 Å². The first-order chi connectivity index (χ1) is 10.3. The molecule has 0 bridgehead atoms. The maximum atomic E-state index is 13.3. The van der Waals surface area contributed by atoms with Gasteiger partial charge in [0, 0.05) is 44.9 Å². The lowest BCUT2D eigenvalue weighted by molar-refractivity contribution is -0.0121. The van der Waals surface area contributed by atoms with Gasteiger partial charge in [-0.15, -0.1) is 0 Å². The number of urea groups is 1. The number of carbonyl (C=O) groups is 1. The molecule has 0 aliphatic carbocycles. The molecule has 1 aliphatic rings. The number of amides is 2. The van der Waals surface area contributed by atoms with Crippen molar-refractivity contribution in [2.24, 2.45) is 0 Å². The van der Waals surface area contributed by atoms with Gasteiger partial charge in [0.2, 0.25) is 11.4 Å². The van der Waals surface area contributed by atoms with Gasteiger partial charge in [-0.25, -0.2) is 13.6 Å². The van der Waals surface area contributed by atoms with Gasteiger partial charge < -0.3 is 14.8 Å². The number of pyridine rings is 1. The zero-order valence-electron chi connectivity index (χ0n) is 12.2. The van der Waals surface area contributed by atoms with Crippen molar-refractivity contribution in [3.63, 3.8) is 0 Å². The van der Waals surface area contributed by atoms with E-state index in [0.29, 0.717) is 11.0 Å². The minimum atomic E-state index is -2.72. The van der Waals surface area contributed by atoms with E-state index in [1.54, 1.807) is 10.8 Å². The number of nitrogens with zero attached hydrogens (tertiary/aromatic N) is 2. The number of halogens is 3. The molecule has 1 saturated heterocycles. The molecule has 122 valence electrons. The van der Waals surface area contributed by atoms with Crippen LogP contribution in [-0.4, -0.2) is 34.5 Å². The maximum Gasteiger partial charge on any atom is 0.321 e. The third-order valence-electron chi connectivity index (χ3n) is 3.65. The van der Waals surface area contributed by atoms with Crippen LogP contribution in [0.5, 0.6) is 0 Å². The van der Waals surface area contributed by atoms with E-state index in [1.807, 2.05) is 6.92 Å². The zero-order chi connectivity index (χ0) is 16.3. The summed E-state index contributed by atoms with van der Waals surface area (Å²) >= 11 is 3.15. The van der Waals surface area contributed by atoms with Crippen LogP contribution in [0.3, 0.4) is 0 Å². The largest absolute Gasteiger partial charge is 0.351 e. The molecule has 8 heteroatoms. The van der Waals surface area contributed by atoms with Crippen LogP contribution < -0.4 is 10.7 Å². The smallest absolute Gasteiger partial charge is 0.321 e. The van der Waals surface area contributed by atoms with E-state index in [-0.39, 0.29) is 43.5 Å². The second kappa shape index (κ2) is 6.76. The Kier molecular flexibility index (Phi) is 5.20. The normalized spacial score (nSPS) is 17.9. The van der Waals surface area contributed by atoms with Crippen LogP contribution in [0.1, 0.15) is 26.2 Å². The van der Waals surface area contributed by atoms with E-state index in [0.717, 1.165) is 0 Å². The topological polar surface area (TPSA) is 54.3 Å². The number of aromatic nitrogens is 1. The van der Waals surface area contributed by atoms with Gasteiger partial charge in [-0.2, -0.15) is 0 Å². The van der Waals surface area contributed by atoms with E-state index in [9.17, 15) is 18.4 Å². The summed E-state index contributed by atoms with van der Waals surface area (Å²) in [7, 11) is 0. The second-order valence-corrected chi connectivity index (χ2v) is 6.16. The van der Waals surface area contributed by atoms with Gasteiger partial charge in [0.1, 0.15) is 5.69 Å². The van der Waals surface area contributed by atoms with Crippen molar-refractivity contribution in [3.05, 3.63) is 27.1 Å². The summed E-state index contributed by atoms with van der Waals surface area (Å²) in [5.41, 5.74) is -0.199. The number of hydrogen-bond acceptors (Lipinski definition) is 2. The molecule has 1 aliphatic heterocycles. The van der Waals surface area contributed by atoms with Crippen molar-refractivity contribution in [2.45, 2.75) is 38.7 Å². The summed E-state index contributed by atoms with van der Waals surface area (Å²) in [6.07, 6.45) is 2.86. The summed E-state index contributed by atoms with van der Waals surface area (Å²) < 4.78 is 28.7. The van der Waals surface area contributed by atoms with Crippen molar-refractivity contribution in [2.75, 3.05) is 18.4 Å². The summed E-state index contributed by atoms with van der Waals surface area (Å²) in [6, 6.07) is -0.518. The first kappa shape index (κ1) is 16.9. The molecule has 0 radical (unpaired) electrons. The molecule has 0 spiro atoms. The molecular formula is C14H18BrF2N3O2. The lowest BCUT2D eigenvalue weighted by Crippen LogP contribution is -2.37. The quantitative estimate of drug-likeness (QED) is 0.859. The number of aryl methyl sites for hydroxylation is 1. The number of nitrogens with one attached hydrogen (secondary N) is 1. The van der Waals surface area contributed by atoms with Gasteiger partial charge in [-0.05, 0) is 29.3 Å². The number of rotatable bonds is 2. The van der Waals surface area contributed by atoms with Gasteiger partial charge in [-0.3, -0.25) is 4.79 Å². The van der Waals surface area contributed by atoms with Gasteiger partial charge in [0.25, 0.3) is 0 Å². The molecule has 1 aromatic rings. The molecule has 22 heavy (non-hydrogen) atoms. The van der Waals surface area contributed by atoms with Crippen LogP contribution in [0, 0.1) is 0 Å². The number of carbonyl (C=O) groups excluding carboxylic acids is 1. The van der Waals surface area contributed by atoms with Crippen molar-refractivity contribution in [3.8, 4) is 0 Å². The van der Waals surface area contributed by atoms with Crippen LogP contribution in [0.15, 0.2) is 21.7 Å². The SMILES string of the molecule is CCn1cc(Br)c(=O)c(NC(=O)N2CCCC(F)(F)CC2)c1. The van der Waals surface area contributed by atoms with Gasteiger partial charge in [0.05, 0.1) is 4.47 Å². The Morgan fingerprint density at radius 1 is 1.36 bits per heavy atom. The van der Waals surface area contributed by atoms with E-state index < -0.39 is 12.0 Å². The summed E-state index contributed by atoms with van der Waals surface area (Å²) in [6.45, 7) is 2.78. The molecular weight excluding hydrogens is 360 g/mol. The molecule has 0 aromatic carbocycles. The van der Waals surface area contributed by atoms with Crippen LogP contribution >= 0.6 is 15.9 Å². The standard InChI is InChI=1S/C14H18BrF2N3O2/c1-2-19-8-10(15)12(21)11(9-19)18-13(22)20-6-3-4-14(16,17)5-7-20/h8-9H,2-7H2,1H3,(H,18,22). The predicted octanol–water partition coefficient (Wildman–Crippen LogP) is 3.28. The van der Waals surface area contributed by atoms with Crippen molar-refractivity contribution in [1.82, 2.24) is 9.47 Å². The van der Waals surface area contributed by atoms with E-state index >= 15 is 0 Å². The highest BCUT2D eigenvalue weighted by molar-refractivity contribution is 9.10. The summed E-state index contributed by atoms with van der Waals surface area (Å²) in [5.74, 6) is -2.72. The Hall–Kier alpha value is -1.44. The number of hydrogen-bond donors (Lipinski definition) is 1. The number of likely N-dealkylation sites (tertiary alicyclic amines) is 1. The average molecular weight is 378 g/mol. The van der Waals surface area contributed by atoms with Crippen LogP contribution in [0.25, 0.3) is 0 Å². The Balaban J connectivity index is 2.12. The van der Waals surface area contributed by atoms with Crippen molar-refractivity contribution in [1.29, 1.82) is 0 Å². The minimum absolute atomic E-state index is 0.0190. The monoisotopic (exact) mass is 377 g/mol. The fourth-order valence-corrected chi connectivity index (χ4v) is 2.80. The van der Waals surface area contributed by atoms with Gasteiger partial charge in [0.15, 0.2) is 0 Å². The molecule has 2 amide bonds. The molecule has 0 unspecified atom stereocenters. The first-order valence-corrected chi connectivity index (χ1v) is 7.95. The van der Waals surface area contributed by atoms with Gasteiger partial charge >= 0.3 is 6.03 Å².